The normalized spacial score (nSPS) is 20.9. The highest BCUT2D eigenvalue weighted by atomic mass is 16.3. The van der Waals surface area contributed by atoms with Gasteiger partial charge in [-0.15, -0.1) is 0 Å². The second-order valence-electron chi connectivity index (χ2n) is 6.44. The number of nitrogens with two attached hydrogens (primary N) is 1. The Morgan fingerprint density at radius 3 is 1.16 bits per heavy atom. The van der Waals surface area contributed by atoms with Crippen molar-refractivity contribution in [2.45, 2.75) is 0 Å². The lowest BCUT2D eigenvalue weighted by Crippen LogP contribution is -2.48. The predicted octanol–water partition coefficient (Wildman–Crippen LogP) is -3.33. The third-order valence-corrected chi connectivity index (χ3v) is 4.56. The van der Waals surface area contributed by atoms with Crippen molar-refractivity contribution in [2.75, 3.05) is 98.4 Å². The molecular weight excluding hydrogens is 326 g/mol. The molecule has 0 unspecified atom stereocenters. The largest absolute Gasteiger partial charge is 0.395 e. The lowest BCUT2D eigenvalue weighted by Gasteiger charge is -2.33. The van der Waals surface area contributed by atoms with Crippen LogP contribution in [-0.2, 0) is 4.79 Å². The van der Waals surface area contributed by atoms with Crippen molar-refractivity contribution >= 4 is 5.91 Å². The van der Waals surface area contributed by atoms with Crippen molar-refractivity contribution in [1.82, 2.24) is 19.6 Å². The molecule has 1 amide bonds. The second kappa shape index (κ2) is 13.4. The number of carbonyl (C=O) groups excluding carboxylic acids is 1. The number of rotatable bonds is 8. The fraction of sp³-hybridized carbons (Fsp3) is 0.938. The summed E-state index contributed by atoms with van der Waals surface area (Å²) in [5, 5.41) is 27.8. The molecule has 1 aliphatic rings. The summed E-state index contributed by atoms with van der Waals surface area (Å²) in [6.07, 6.45) is 0. The van der Waals surface area contributed by atoms with E-state index in [0.29, 0.717) is 32.7 Å². The minimum Gasteiger partial charge on any atom is -0.395 e. The zero-order valence-corrected chi connectivity index (χ0v) is 15.2. The van der Waals surface area contributed by atoms with Crippen LogP contribution in [0, 0.1) is 0 Å². The molecule has 0 aliphatic carbocycles. The van der Waals surface area contributed by atoms with Crippen molar-refractivity contribution in [1.29, 1.82) is 0 Å². The van der Waals surface area contributed by atoms with Crippen LogP contribution < -0.4 is 5.73 Å². The van der Waals surface area contributed by atoms with E-state index in [1.807, 2.05) is 4.90 Å². The molecule has 5 N–H and O–H groups in total. The maximum atomic E-state index is 11.3. The Kier molecular flexibility index (Phi) is 11.9. The minimum absolute atomic E-state index is 0.0973. The molecule has 0 saturated carbocycles. The average Bonchev–Trinajstić information content (AvgIpc) is 2.57. The number of nitrogens with zero attached hydrogens (tertiary/aromatic N) is 4. The fourth-order valence-corrected chi connectivity index (χ4v) is 3.05. The first-order valence-electron chi connectivity index (χ1n) is 9.09. The molecular formula is C16H35N5O4. The van der Waals surface area contributed by atoms with Crippen LogP contribution >= 0.6 is 0 Å². The van der Waals surface area contributed by atoms with E-state index in [9.17, 15) is 20.1 Å². The van der Waals surface area contributed by atoms with Crippen molar-refractivity contribution in [3.8, 4) is 0 Å². The van der Waals surface area contributed by atoms with Gasteiger partial charge in [0.15, 0.2) is 0 Å². The molecule has 1 fully saturated rings. The predicted molar refractivity (Wildman–Crippen MR) is 96.2 cm³/mol. The molecule has 0 aromatic heterocycles. The van der Waals surface area contributed by atoms with Crippen LogP contribution in [0.4, 0.5) is 0 Å². The Morgan fingerprint density at radius 2 is 0.920 bits per heavy atom. The maximum Gasteiger partial charge on any atom is 0.231 e. The van der Waals surface area contributed by atoms with Crippen LogP contribution in [-0.4, -0.2) is 139 Å². The van der Waals surface area contributed by atoms with E-state index >= 15 is 0 Å². The van der Waals surface area contributed by atoms with Gasteiger partial charge >= 0.3 is 0 Å². The van der Waals surface area contributed by atoms with Crippen LogP contribution in [0.3, 0.4) is 0 Å². The number of hydrogen-bond donors (Lipinski definition) is 4. The Morgan fingerprint density at radius 1 is 0.640 bits per heavy atom. The summed E-state index contributed by atoms with van der Waals surface area (Å²) in [6.45, 7) is 8.45. The number of aliphatic hydroxyl groups excluding tert-OH is 3. The van der Waals surface area contributed by atoms with Crippen molar-refractivity contribution < 1.29 is 20.1 Å². The quantitative estimate of drug-likeness (QED) is 0.355. The molecule has 25 heavy (non-hydrogen) atoms. The molecule has 9 nitrogen and oxygen atoms in total. The molecule has 1 aliphatic heterocycles. The summed E-state index contributed by atoms with van der Waals surface area (Å²) in [4.78, 5) is 19.9. The smallest absolute Gasteiger partial charge is 0.231 e. The zero-order chi connectivity index (χ0) is 18.5. The van der Waals surface area contributed by atoms with Gasteiger partial charge in [0.2, 0.25) is 5.91 Å². The summed E-state index contributed by atoms with van der Waals surface area (Å²) in [6, 6.07) is 0. The van der Waals surface area contributed by atoms with Gasteiger partial charge in [-0.1, -0.05) is 0 Å². The fourth-order valence-electron chi connectivity index (χ4n) is 3.05. The molecule has 0 bridgehead atoms. The molecule has 148 valence electrons. The van der Waals surface area contributed by atoms with Gasteiger partial charge < -0.3 is 21.1 Å². The summed E-state index contributed by atoms with van der Waals surface area (Å²) >= 11 is 0. The number of amides is 1. The molecule has 1 heterocycles. The van der Waals surface area contributed by atoms with Gasteiger partial charge in [0.1, 0.15) is 0 Å². The summed E-state index contributed by atoms with van der Waals surface area (Å²) in [5.41, 5.74) is 5.36. The minimum atomic E-state index is -0.344. The first-order chi connectivity index (χ1) is 12.1. The number of carbonyl (C=O) groups is 1. The molecule has 0 atom stereocenters. The maximum absolute atomic E-state index is 11.3. The molecule has 0 aromatic rings. The number of aliphatic hydroxyl groups is 3. The third-order valence-electron chi connectivity index (χ3n) is 4.56. The highest BCUT2D eigenvalue weighted by molar-refractivity contribution is 5.75. The van der Waals surface area contributed by atoms with Crippen LogP contribution in [0.1, 0.15) is 0 Å². The van der Waals surface area contributed by atoms with Crippen molar-refractivity contribution in [3.63, 3.8) is 0 Å². The van der Waals surface area contributed by atoms with Crippen LogP contribution in [0.2, 0.25) is 0 Å². The average molecular weight is 361 g/mol. The van der Waals surface area contributed by atoms with Crippen molar-refractivity contribution in [2.24, 2.45) is 5.73 Å². The molecule has 0 aromatic carbocycles. The topological polar surface area (TPSA) is 117 Å². The lowest BCUT2D eigenvalue weighted by atomic mass is 10.3. The molecule has 9 heteroatoms. The van der Waals surface area contributed by atoms with Gasteiger partial charge in [-0.2, -0.15) is 0 Å². The molecule has 1 rings (SSSR count). The Balaban J connectivity index is 2.74. The van der Waals surface area contributed by atoms with Gasteiger partial charge in [-0.25, -0.2) is 0 Å². The van der Waals surface area contributed by atoms with Crippen LogP contribution in [0.15, 0.2) is 0 Å². The van der Waals surface area contributed by atoms with Crippen LogP contribution in [0.25, 0.3) is 0 Å². The summed E-state index contributed by atoms with van der Waals surface area (Å²) in [5.74, 6) is -0.344. The highest BCUT2D eigenvalue weighted by Crippen LogP contribution is 2.00. The highest BCUT2D eigenvalue weighted by Gasteiger charge is 2.16. The van der Waals surface area contributed by atoms with Gasteiger partial charge in [0, 0.05) is 72.0 Å². The lowest BCUT2D eigenvalue weighted by molar-refractivity contribution is -0.119. The Hall–Kier alpha value is -0.810. The third kappa shape index (κ3) is 10.0. The molecule has 0 spiro atoms. The second-order valence-corrected chi connectivity index (χ2v) is 6.44. The van der Waals surface area contributed by atoms with Gasteiger partial charge in [0.25, 0.3) is 0 Å². The molecule has 1 saturated heterocycles. The number of β-amino-alcohol motifs (C(OH)–C–C–N with tert-alkyl or cyclic N) is 3. The van der Waals surface area contributed by atoms with E-state index < -0.39 is 0 Å². The van der Waals surface area contributed by atoms with Gasteiger partial charge in [-0.05, 0) is 0 Å². The van der Waals surface area contributed by atoms with E-state index in [0.717, 1.165) is 39.3 Å². The van der Waals surface area contributed by atoms with Gasteiger partial charge in [0.05, 0.1) is 26.4 Å². The summed E-state index contributed by atoms with van der Waals surface area (Å²) in [7, 11) is 0. The Labute approximate surface area is 150 Å². The van der Waals surface area contributed by atoms with Crippen LogP contribution in [0.5, 0.6) is 0 Å². The molecule has 0 radical (unpaired) electrons. The number of primary amides is 1. The first kappa shape index (κ1) is 22.2. The van der Waals surface area contributed by atoms with Gasteiger partial charge in [-0.3, -0.25) is 24.4 Å². The standard InChI is InChI=1S/C16H35N5O4/c17-16(25)15-21-7-5-19(10-13-23)3-1-18(9-12-22)2-4-20(6-8-21)11-14-24/h22-24H,1-15H2,(H2,17,25). The van der Waals surface area contributed by atoms with E-state index in [2.05, 4.69) is 14.7 Å². The zero-order valence-electron chi connectivity index (χ0n) is 15.2. The monoisotopic (exact) mass is 361 g/mol. The van der Waals surface area contributed by atoms with E-state index in [1.165, 1.54) is 0 Å². The van der Waals surface area contributed by atoms with E-state index in [-0.39, 0.29) is 32.3 Å². The number of hydrogen-bond acceptors (Lipinski definition) is 8. The van der Waals surface area contributed by atoms with Crippen molar-refractivity contribution in [3.05, 3.63) is 0 Å². The first-order valence-corrected chi connectivity index (χ1v) is 9.09. The SMILES string of the molecule is NC(=O)CN1CCN(CCO)CCN(CCO)CCN(CCO)CC1. The van der Waals surface area contributed by atoms with E-state index in [1.54, 1.807) is 0 Å². The Bertz CT molecular complexity index is 339. The van der Waals surface area contributed by atoms with E-state index in [4.69, 9.17) is 5.73 Å². The summed E-state index contributed by atoms with van der Waals surface area (Å²) < 4.78 is 0.